The third-order valence-corrected chi connectivity index (χ3v) is 3.78. The molecule has 0 aliphatic carbocycles. The van der Waals surface area contributed by atoms with E-state index in [0.717, 1.165) is 18.9 Å². The average Bonchev–Trinajstić information content (AvgIpc) is 2.51. The number of aryl methyl sites for hydroxylation is 1. The maximum atomic E-state index is 4.66. The fourth-order valence-electron chi connectivity index (χ4n) is 2.56. The predicted molar refractivity (Wildman–Crippen MR) is 90.2 cm³/mol. The molecule has 3 nitrogen and oxygen atoms in total. The van der Waals surface area contributed by atoms with Gasteiger partial charge in [-0.15, -0.1) is 0 Å². The lowest BCUT2D eigenvalue weighted by Crippen LogP contribution is -2.20. The van der Waals surface area contributed by atoms with Crippen LogP contribution in [-0.4, -0.2) is 18.1 Å². The van der Waals surface area contributed by atoms with Crippen molar-refractivity contribution in [2.45, 2.75) is 33.7 Å². The molecule has 2 rings (SSSR count). The molecule has 21 heavy (non-hydrogen) atoms. The summed E-state index contributed by atoms with van der Waals surface area (Å²) in [6.07, 6.45) is 1.98. The summed E-state index contributed by atoms with van der Waals surface area (Å²) < 4.78 is 0. The van der Waals surface area contributed by atoms with Crippen LogP contribution in [0.3, 0.4) is 0 Å². The molecule has 0 bridgehead atoms. The molecule has 3 heteroatoms. The van der Waals surface area contributed by atoms with Crippen molar-refractivity contribution in [3.8, 4) is 0 Å². The smallest absolute Gasteiger partial charge is 0.132 e. The Bertz CT molecular complexity index is 563. The summed E-state index contributed by atoms with van der Waals surface area (Å²) >= 11 is 0. The monoisotopic (exact) mass is 283 g/mol. The minimum atomic E-state index is 0.338. The van der Waals surface area contributed by atoms with E-state index in [1.54, 1.807) is 0 Å². The van der Waals surface area contributed by atoms with Crippen molar-refractivity contribution in [3.63, 3.8) is 0 Å². The molecule has 112 valence electrons. The van der Waals surface area contributed by atoms with Crippen LogP contribution in [0.2, 0.25) is 0 Å². The Morgan fingerprint density at radius 1 is 1.14 bits per heavy atom. The van der Waals surface area contributed by atoms with Gasteiger partial charge in [0.2, 0.25) is 0 Å². The van der Waals surface area contributed by atoms with E-state index >= 15 is 0 Å². The van der Waals surface area contributed by atoms with Gasteiger partial charge in [-0.25, -0.2) is 4.98 Å². The zero-order valence-electron chi connectivity index (χ0n) is 13.4. The summed E-state index contributed by atoms with van der Waals surface area (Å²) in [5.41, 5.74) is 3.72. The Labute approximate surface area is 128 Å². The van der Waals surface area contributed by atoms with Crippen LogP contribution in [0.25, 0.3) is 0 Å². The van der Waals surface area contributed by atoms with E-state index in [1.807, 2.05) is 6.20 Å². The van der Waals surface area contributed by atoms with Crippen molar-refractivity contribution in [3.05, 3.63) is 53.7 Å². The van der Waals surface area contributed by atoms with Crippen LogP contribution >= 0.6 is 0 Å². The van der Waals surface area contributed by atoms with Gasteiger partial charge < -0.3 is 10.2 Å². The quantitative estimate of drug-likeness (QED) is 0.860. The second kappa shape index (κ2) is 7.23. The van der Waals surface area contributed by atoms with Crippen LogP contribution in [0.1, 0.15) is 37.9 Å². The van der Waals surface area contributed by atoms with Gasteiger partial charge in [0.05, 0.1) is 0 Å². The molecule has 0 radical (unpaired) electrons. The molecule has 1 aromatic heterocycles. The zero-order chi connectivity index (χ0) is 15.2. The Morgan fingerprint density at radius 3 is 2.48 bits per heavy atom. The Balaban J connectivity index is 2.26. The summed E-state index contributed by atoms with van der Waals surface area (Å²) in [6.45, 7) is 10.4. The second-order valence-corrected chi connectivity index (χ2v) is 5.26. The number of aromatic nitrogens is 1. The van der Waals surface area contributed by atoms with E-state index in [1.165, 1.54) is 16.8 Å². The number of hydrogen-bond donors (Lipinski definition) is 1. The SMILES string of the molecule is CCNC(C)c1ccc(N(CC)c2ccccc2C)nc1. The van der Waals surface area contributed by atoms with Gasteiger partial charge in [0, 0.05) is 24.5 Å². The largest absolute Gasteiger partial charge is 0.326 e. The molecule has 1 unspecified atom stereocenters. The van der Waals surface area contributed by atoms with Gasteiger partial charge in [0.15, 0.2) is 0 Å². The number of rotatable bonds is 6. The van der Waals surface area contributed by atoms with Gasteiger partial charge in [0.1, 0.15) is 5.82 Å². The van der Waals surface area contributed by atoms with Crippen molar-refractivity contribution >= 4 is 11.5 Å². The Hall–Kier alpha value is -1.87. The van der Waals surface area contributed by atoms with E-state index < -0.39 is 0 Å². The molecular weight excluding hydrogens is 258 g/mol. The number of anilines is 2. The molecule has 0 saturated carbocycles. The lowest BCUT2D eigenvalue weighted by Gasteiger charge is -2.24. The molecule has 0 amide bonds. The molecule has 0 aliphatic rings. The first kappa shape index (κ1) is 15.5. The Morgan fingerprint density at radius 2 is 1.90 bits per heavy atom. The lowest BCUT2D eigenvalue weighted by molar-refractivity contribution is 0.596. The molecule has 0 aliphatic heterocycles. The highest BCUT2D eigenvalue weighted by molar-refractivity contribution is 5.63. The van der Waals surface area contributed by atoms with Gasteiger partial charge in [-0.2, -0.15) is 0 Å². The summed E-state index contributed by atoms with van der Waals surface area (Å²) in [4.78, 5) is 6.90. The molecule has 1 N–H and O–H groups in total. The topological polar surface area (TPSA) is 28.2 Å². The van der Waals surface area contributed by atoms with Crippen LogP contribution in [0.5, 0.6) is 0 Å². The van der Waals surface area contributed by atoms with Crippen LogP contribution in [0.15, 0.2) is 42.6 Å². The standard InChI is InChI=1S/C18H25N3/c1-5-19-15(4)16-11-12-18(20-13-16)21(6-2)17-10-8-7-9-14(17)3/h7-13,15,19H,5-6H2,1-4H3. The minimum absolute atomic E-state index is 0.338. The molecule has 1 atom stereocenters. The first-order chi connectivity index (χ1) is 10.2. The van der Waals surface area contributed by atoms with E-state index in [-0.39, 0.29) is 0 Å². The average molecular weight is 283 g/mol. The van der Waals surface area contributed by atoms with Gasteiger partial charge in [-0.3, -0.25) is 0 Å². The molecule has 0 spiro atoms. The maximum absolute atomic E-state index is 4.66. The molecule has 2 aromatic rings. The first-order valence-electron chi connectivity index (χ1n) is 7.69. The zero-order valence-corrected chi connectivity index (χ0v) is 13.4. The van der Waals surface area contributed by atoms with Gasteiger partial charge in [-0.05, 0) is 50.6 Å². The number of nitrogens with one attached hydrogen (secondary N) is 1. The number of hydrogen-bond acceptors (Lipinski definition) is 3. The van der Waals surface area contributed by atoms with Gasteiger partial charge >= 0.3 is 0 Å². The third kappa shape index (κ3) is 3.61. The summed E-state index contributed by atoms with van der Waals surface area (Å²) in [5.74, 6) is 0.999. The van der Waals surface area contributed by atoms with Gasteiger partial charge in [0.25, 0.3) is 0 Å². The first-order valence-corrected chi connectivity index (χ1v) is 7.69. The predicted octanol–water partition coefficient (Wildman–Crippen LogP) is 4.22. The third-order valence-electron chi connectivity index (χ3n) is 3.78. The molecule has 0 fully saturated rings. The van der Waals surface area contributed by atoms with Crippen molar-refractivity contribution in [2.24, 2.45) is 0 Å². The fraction of sp³-hybridized carbons (Fsp3) is 0.389. The van der Waals surface area contributed by atoms with Crippen molar-refractivity contribution < 1.29 is 0 Å². The maximum Gasteiger partial charge on any atom is 0.132 e. The van der Waals surface area contributed by atoms with Crippen LogP contribution < -0.4 is 10.2 Å². The van der Waals surface area contributed by atoms with Crippen LogP contribution in [0.4, 0.5) is 11.5 Å². The number of nitrogens with zero attached hydrogens (tertiary/aromatic N) is 2. The van der Waals surface area contributed by atoms with Crippen LogP contribution in [0, 0.1) is 6.92 Å². The van der Waals surface area contributed by atoms with E-state index in [2.05, 4.69) is 79.3 Å². The highest BCUT2D eigenvalue weighted by atomic mass is 15.2. The van der Waals surface area contributed by atoms with E-state index in [9.17, 15) is 0 Å². The molecule has 1 heterocycles. The highest BCUT2D eigenvalue weighted by Crippen LogP contribution is 2.27. The van der Waals surface area contributed by atoms with Crippen molar-refractivity contribution in [2.75, 3.05) is 18.0 Å². The lowest BCUT2D eigenvalue weighted by atomic mass is 10.1. The minimum Gasteiger partial charge on any atom is -0.326 e. The summed E-state index contributed by atoms with van der Waals surface area (Å²) in [5, 5.41) is 3.41. The van der Waals surface area contributed by atoms with Crippen molar-refractivity contribution in [1.82, 2.24) is 10.3 Å². The Kier molecular flexibility index (Phi) is 5.34. The number of pyridine rings is 1. The van der Waals surface area contributed by atoms with E-state index in [0.29, 0.717) is 6.04 Å². The van der Waals surface area contributed by atoms with Gasteiger partial charge in [-0.1, -0.05) is 31.2 Å². The second-order valence-electron chi connectivity index (χ2n) is 5.26. The van der Waals surface area contributed by atoms with Crippen molar-refractivity contribution in [1.29, 1.82) is 0 Å². The molecular formula is C18H25N3. The van der Waals surface area contributed by atoms with Crippen LogP contribution in [-0.2, 0) is 0 Å². The number of benzene rings is 1. The number of para-hydroxylation sites is 1. The van der Waals surface area contributed by atoms with E-state index in [4.69, 9.17) is 0 Å². The molecule has 1 aromatic carbocycles. The highest BCUT2D eigenvalue weighted by Gasteiger charge is 2.11. The summed E-state index contributed by atoms with van der Waals surface area (Å²) in [7, 11) is 0. The summed E-state index contributed by atoms with van der Waals surface area (Å²) in [6, 6.07) is 13.0. The fourth-order valence-corrected chi connectivity index (χ4v) is 2.56. The normalized spacial score (nSPS) is 12.2. The molecule has 0 saturated heterocycles.